The lowest BCUT2D eigenvalue weighted by Crippen LogP contribution is -2.36. The standard InChI is InChI=1S/C21H25N3O3S2/c25-21(22-11-6-12-23-15-9-17-7-2-3-8-18(17)23)20-19(10-16-28-20)29(26,27)24-13-4-1-5-14-24/h2-3,7-10,15-16H,1,4-6,11-14H2,(H,22,25). The Hall–Kier alpha value is -2.16. The summed E-state index contributed by atoms with van der Waals surface area (Å²) in [6.07, 6.45) is 5.62. The molecule has 2 aromatic heterocycles. The Labute approximate surface area is 175 Å². The smallest absolute Gasteiger partial charge is 0.262 e. The molecule has 29 heavy (non-hydrogen) atoms. The number of sulfonamides is 1. The van der Waals surface area contributed by atoms with Gasteiger partial charge in [-0.1, -0.05) is 24.6 Å². The highest BCUT2D eigenvalue weighted by Gasteiger charge is 2.30. The molecule has 0 unspecified atom stereocenters. The summed E-state index contributed by atoms with van der Waals surface area (Å²) in [4.78, 5) is 13.1. The second-order valence-corrected chi connectivity index (χ2v) is 10.1. The van der Waals surface area contributed by atoms with Crippen LogP contribution in [0.2, 0.25) is 0 Å². The molecule has 0 saturated carbocycles. The summed E-state index contributed by atoms with van der Waals surface area (Å²) in [6.45, 7) is 2.34. The van der Waals surface area contributed by atoms with E-state index < -0.39 is 10.0 Å². The van der Waals surface area contributed by atoms with Gasteiger partial charge in [0.25, 0.3) is 5.91 Å². The molecule has 0 atom stereocenters. The van der Waals surface area contributed by atoms with Crippen molar-refractivity contribution in [2.45, 2.75) is 37.1 Å². The number of aromatic nitrogens is 1. The lowest BCUT2D eigenvalue weighted by atomic mass is 10.2. The Morgan fingerprint density at radius 2 is 1.86 bits per heavy atom. The van der Waals surface area contributed by atoms with Crippen LogP contribution in [0.5, 0.6) is 0 Å². The first-order valence-corrected chi connectivity index (χ1v) is 12.3. The molecule has 0 spiro atoms. The molecule has 6 nitrogen and oxygen atoms in total. The van der Waals surface area contributed by atoms with E-state index in [1.54, 1.807) is 11.4 Å². The Kier molecular flexibility index (Phi) is 6.03. The van der Waals surface area contributed by atoms with Crippen LogP contribution in [0, 0.1) is 0 Å². The van der Waals surface area contributed by atoms with E-state index in [1.165, 1.54) is 26.5 Å². The van der Waals surface area contributed by atoms with Crippen molar-refractivity contribution in [1.29, 1.82) is 0 Å². The van der Waals surface area contributed by atoms with E-state index in [2.05, 4.69) is 34.3 Å². The molecule has 1 fully saturated rings. The van der Waals surface area contributed by atoms with Gasteiger partial charge in [0, 0.05) is 37.9 Å². The third kappa shape index (κ3) is 4.24. The number of thiophene rings is 1. The number of carbonyl (C=O) groups excluding carboxylic acids is 1. The molecule has 3 heterocycles. The van der Waals surface area contributed by atoms with Gasteiger partial charge < -0.3 is 9.88 Å². The maximum absolute atomic E-state index is 12.9. The number of carbonyl (C=O) groups is 1. The molecular formula is C21H25N3O3S2. The number of piperidine rings is 1. The largest absolute Gasteiger partial charge is 0.351 e. The summed E-state index contributed by atoms with van der Waals surface area (Å²) in [7, 11) is -3.61. The van der Waals surface area contributed by atoms with Gasteiger partial charge in [-0.25, -0.2) is 8.42 Å². The van der Waals surface area contributed by atoms with Crippen molar-refractivity contribution in [1.82, 2.24) is 14.2 Å². The number of hydrogen-bond donors (Lipinski definition) is 1. The first kappa shape index (κ1) is 20.1. The molecule has 1 amide bonds. The molecule has 4 rings (SSSR count). The van der Waals surface area contributed by atoms with Gasteiger partial charge >= 0.3 is 0 Å². The monoisotopic (exact) mass is 431 g/mol. The molecule has 3 aromatic rings. The minimum absolute atomic E-state index is 0.137. The number of fused-ring (bicyclic) bond motifs is 1. The highest BCUT2D eigenvalue weighted by molar-refractivity contribution is 7.89. The van der Waals surface area contributed by atoms with Crippen molar-refractivity contribution < 1.29 is 13.2 Å². The number of nitrogens with zero attached hydrogens (tertiary/aromatic N) is 2. The van der Waals surface area contributed by atoms with E-state index in [9.17, 15) is 13.2 Å². The first-order chi connectivity index (χ1) is 14.1. The van der Waals surface area contributed by atoms with E-state index in [-0.39, 0.29) is 15.7 Å². The third-order valence-electron chi connectivity index (χ3n) is 5.31. The molecule has 1 aliphatic rings. The van der Waals surface area contributed by atoms with Crippen LogP contribution in [0.25, 0.3) is 10.9 Å². The van der Waals surface area contributed by atoms with E-state index in [4.69, 9.17) is 0 Å². The topological polar surface area (TPSA) is 71.4 Å². The molecule has 8 heteroatoms. The Morgan fingerprint density at radius 3 is 2.69 bits per heavy atom. The number of rotatable bonds is 7. The van der Waals surface area contributed by atoms with Gasteiger partial charge in [0.05, 0.1) is 0 Å². The van der Waals surface area contributed by atoms with Crippen molar-refractivity contribution in [2.75, 3.05) is 19.6 Å². The summed E-state index contributed by atoms with van der Waals surface area (Å²) in [5.74, 6) is -0.312. The lowest BCUT2D eigenvalue weighted by molar-refractivity contribution is 0.0953. The van der Waals surface area contributed by atoms with Crippen LogP contribution in [0.4, 0.5) is 0 Å². The van der Waals surface area contributed by atoms with Crippen molar-refractivity contribution in [3.63, 3.8) is 0 Å². The van der Waals surface area contributed by atoms with E-state index in [1.807, 2.05) is 12.1 Å². The molecule has 1 aromatic carbocycles. The predicted octanol–water partition coefficient (Wildman–Crippen LogP) is 3.70. The lowest BCUT2D eigenvalue weighted by Gasteiger charge is -2.25. The fourth-order valence-electron chi connectivity index (χ4n) is 3.78. The summed E-state index contributed by atoms with van der Waals surface area (Å²) in [5.41, 5.74) is 1.17. The minimum atomic E-state index is -3.61. The quantitative estimate of drug-likeness (QED) is 0.580. The highest BCUT2D eigenvalue weighted by atomic mass is 32.2. The Morgan fingerprint density at radius 1 is 1.07 bits per heavy atom. The average Bonchev–Trinajstić information content (AvgIpc) is 3.40. The van der Waals surface area contributed by atoms with Crippen molar-refractivity contribution >= 4 is 38.2 Å². The zero-order valence-electron chi connectivity index (χ0n) is 16.2. The number of para-hydroxylation sites is 1. The molecule has 0 radical (unpaired) electrons. The highest BCUT2D eigenvalue weighted by Crippen LogP contribution is 2.27. The van der Waals surface area contributed by atoms with Crippen LogP contribution in [-0.2, 0) is 16.6 Å². The summed E-state index contributed by atoms with van der Waals surface area (Å²) >= 11 is 1.18. The molecule has 0 aliphatic carbocycles. The van der Waals surface area contributed by atoms with Crippen LogP contribution in [-0.4, -0.2) is 42.8 Å². The first-order valence-electron chi connectivity index (χ1n) is 9.97. The fourth-order valence-corrected chi connectivity index (χ4v) is 6.61. The number of nitrogens with one attached hydrogen (secondary N) is 1. The number of hydrogen-bond acceptors (Lipinski definition) is 4. The third-order valence-corrected chi connectivity index (χ3v) is 8.29. The number of aryl methyl sites for hydroxylation is 1. The van der Waals surface area contributed by atoms with Crippen molar-refractivity contribution in [2.24, 2.45) is 0 Å². The Bertz CT molecular complexity index is 1100. The average molecular weight is 432 g/mol. The molecule has 1 aliphatic heterocycles. The van der Waals surface area contributed by atoms with E-state index in [0.29, 0.717) is 19.6 Å². The van der Waals surface area contributed by atoms with Gasteiger partial charge in [0.1, 0.15) is 9.77 Å². The SMILES string of the molecule is O=C(NCCCn1ccc2ccccc21)c1sccc1S(=O)(=O)N1CCCCC1. The molecule has 0 bridgehead atoms. The Balaban J connectivity index is 1.36. The van der Waals surface area contributed by atoms with Crippen molar-refractivity contribution in [3.8, 4) is 0 Å². The van der Waals surface area contributed by atoms with Gasteiger partial charge in [0.15, 0.2) is 0 Å². The molecular weight excluding hydrogens is 406 g/mol. The fraction of sp³-hybridized carbons (Fsp3) is 0.381. The maximum atomic E-state index is 12.9. The van der Waals surface area contributed by atoms with Crippen molar-refractivity contribution in [3.05, 3.63) is 52.9 Å². The molecule has 1 N–H and O–H groups in total. The summed E-state index contributed by atoms with van der Waals surface area (Å²) in [6, 6.07) is 11.8. The van der Waals surface area contributed by atoms with Gasteiger partial charge in [-0.05, 0) is 48.2 Å². The van der Waals surface area contributed by atoms with Crippen LogP contribution in [0.3, 0.4) is 0 Å². The van der Waals surface area contributed by atoms with Crippen LogP contribution in [0.1, 0.15) is 35.4 Å². The van der Waals surface area contributed by atoms with Crippen LogP contribution >= 0.6 is 11.3 Å². The van der Waals surface area contributed by atoms with Crippen LogP contribution < -0.4 is 5.32 Å². The zero-order valence-corrected chi connectivity index (χ0v) is 17.8. The van der Waals surface area contributed by atoms with Gasteiger partial charge in [-0.15, -0.1) is 11.3 Å². The molecule has 1 saturated heterocycles. The van der Waals surface area contributed by atoms with Gasteiger partial charge in [0.2, 0.25) is 10.0 Å². The second-order valence-electron chi connectivity index (χ2n) is 7.26. The molecule has 154 valence electrons. The van der Waals surface area contributed by atoms with E-state index >= 15 is 0 Å². The van der Waals surface area contributed by atoms with Gasteiger partial charge in [-0.3, -0.25) is 4.79 Å². The second kappa shape index (κ2) is 8.69. The minimum Gasteiger partial charge on any atom is -0.351 e. The normalized spacial score (nSPS) is 15.6. The summed E-state index contributed by atoms with van der Waals surface area (Å²) in [5, 5.41) is 5.76. The van der Waals surface area contributed by atoms with E-state index in [0.717, 1.165) is 32.2 Å². The maximum Gasteiger partial charge on any atom is 0.262 e. The number of amides is 1. The predicted molar refractivity (Wildman–Crippen MR) is 116 cm³/mol. The number of benzene rings is 1. The van der Waals surface area contributed by atoms with Gasteiger partial charge in [-0.2, -0.15) is 4.31 Å². The van der Waals surface area contributed by atoms with Crippen LogP contribution in [0.15, 0.2) is 52.9 Å². The summed E-state index contributed by atoms with van der Waals surface area (Å²) < 4.78 is 29.5. The zero-order chi connectivity index (χ0) is 20.3.